The molecule has 0 aromatic carbocycles. The fourth-order valence-corrected chi connectivity index (χ4v) is 4.68. The first kappa shape index (κ1) is 15.5. The first-order chi connectivity index (χ1) is 11.0. The average molecular weight is 327 g/mol. The Morgan fingerprint density at radius 1 is 1.39 bits per heavy atom. The predicted molar refractivity (Wildman–Crippen MR) is 90.5 cm³/mol. The van der Waals surface area contributed by atoms with Crippen LogP contribution in [0.3, 0.4) is 0 Å². The van der Waals surface area contributed by atoms with Crippen molar-refractivity contribution in [3.8, 4) is 11.1 Å². The SMILES string of the molecule is Cc1cc(/C=C/[N+](=O)[O-])c(C)n1-c1sc2c(c1C#N)CCCC2. The molecule has 23 heavy (non-hydrogen) atoms. The number of nitriles is 1. The fraction of sp³-hybridized carbons (Fsp3) is 0.353. The topological polar surface area (TPSA) is 71.9 Å². The van der Waals surface area contributed by atoms with E-state index in [1.807, 2.05) is 19.9 Å². The molecule has 0 saturated carbocycles. The molecule has 0 fully saturated rings. The molecule has 0 radical (unpaired) electrons. The molecule has 5 nitrogen and oxygen atoms in total. The number of thiophene rings is 1. The van der Waals surface area contributed by atoms with E-state index in [9.17, 15) is 15.4 Å². The molecule has 1 aliphatic rings. The Balaban J connectivity index is 2.15. The summed E-state index contributed by atoms with van der Waals surface area (Å²) in [5.41, 5.74) is 4.70. The Kier molecular flexibility index (Phi) is 4.05. The third-order valence-electron chi connectivity index (χ3n) is 4.31. The van der Waals surface area contributed by atoms with Gasteiger partial charge in [0.05, 0.1) is 10.5 Å². The zero-order valence-electron chi connectivity index (χ0n) is 13.1. The Hall–Kier alpha value is -2.39. The predicted octanol–water partition coefficient (Wildman–Crippen LogP) is 4.15. The van der Waals surface area contributed by atoms with E-state index in [1.54, 1.807) is 11.3 Å². The highest BCUT2D eigenvalue weighted by molar-refractivity contribution is 7.15. The van der Waals surface area contributed by atoms with Gasteiger partial charge in [-0.1, -0.05) is 0 Å². The van der Waals surface area contributed by atoms with Gasteiger partial charge in [0.1, 0.15) is 11.1 Å². The van der Waals surface area contributed by atoms with E-state index in [2.05, 4.69) is 10.6 Å². The molecule has 0 atom stereocenters. The number of fused-ring (bicyclic) bond motifs is 1. The third kappa shape index (κ3) is 2.68. The van der Waals surface area contributed by atoms with Gasteiger partial charge in [-0.15, -0.1) is 11.3 Å². The van der Waals surface area contributed by atoms with Crippen molar-refractivity contribution in [3.05, 3.63) is 55.3 Å². The first-order valence-corrected chi connectivity index (χ1v) is 8.40. The average Bonchev–Trinajstić information content (AvgIpc) is 3.01. The van der Waals surface area contributed by atoms with E-state index in [0.29, 0.717) is 0 Å². The van der Waals surface area contributed by atoms with Crippen LogP contribution in [0.15, 0.2) is 12.3 Å². The summed E-state index contributed by atoms with van der Waals surface area (Å²) in [6.07, 6.45) is 6.80. The number of hydrogen-bond donors (Lipinski definition) is 0. The summed E-state index contributed by atoms with van der Waals surface area (Å²) in [7, 11) is 0. The molecule has 118 valence electrons. The number of hydrogen-bond acceptors (Lipinski definition) is 4. The van der Waals surface area contributed by atoms with Gasteiger partial charge < -0.3 is 4.57 Å². The Bertz CT molecular complexity index is 852. The normalized spacial score (nSPS) is 14.0. The highest BCUT2D eigenvalue weighted by atomic mass is 32.1. The molecular formula is C17H17N3O2S. The molecular weight excluding hydrogens is 310 g/mol. The van der Waals surface area contributed by atoms with Gasteiger partial charge in [0.2, 0.25) is 6.20 Å². The Morgan fingerprint density at radius 2 is 2.13 bits per heavy atom. The molecule has 2 heterocycles. The molecule has 6 heteroatoms. The zero-order valence-corrected chi connectivity index (χ0v) is 13.9. The molecule has 0 N–H and O–H groups in total. The third-order valence-corrected chi connectivity index (χ3v) is 5.59. The second-order valence-corrected chi connectivity index (χ2v) is 6.85. The van der Waals surface area contributed by atoms with Crippen molar-refractivity contribution in [1.29, 1.82) is 5.26 Å². The van der Waals surface area contributed by atoms with E-state index in [0.717, 1.165) is 53.0 Å². The van der Waals surface area contributed by atoms with Crippen molar-refractivity contribution in [3.63, 3.8) is 0 Å². The van der Waals surface area contributed by atoms with Gasteiger partial charge in [0.15, 0.2) is 0 Å². The molecule has 0 amide bonds. The summed E-state index contributed by atoms with van der Waals surface area (Å²) in [5, 5.41) is 21.1. The highest BCUT2D eigenvalue weighted by Gasteiger charge is 2.23. The Labute approximate surface area is 138 Å². The van der Waals surface area contributed by atoms with Crippen LogP contribution in [0, 0.1) is 35.3 Å². The minimum atomic E-state index is -0.462. The van der Waals surface area contributed by atoms with Gasteiger partial charge in [-0.05, 0) is 51.2 Å². The van der Waals surface area contributed by atoms with Crippen molar-refractivity contribution in [2.24, 2.45) is 0 Å². The van der Waals surface area contributed by atoms with Gasteiger partial charge in [-0.25, -0.2) is 0 Å². The van der Waals surface area contributed by atoms with Crippen molar-refractivity contribution in [2.45, 2.75) is 39.5 Å². The van der Waals surface area contributed by atoms with Crippen LogP contribution >= 0.6 is 11.3 Å². The van der Waals surface area contributed by atoms with Crippen LogP contribution in [-0.2, 0) is 12.8 Å². The standard InChI is InChI=1S/C17H17N3O2S/c1-11-9-13(7-8-19(21)22)12(2)20(11)17-15(10-18)14-5-3-4-6-16(14)23-17/h7-9H,3-6H2,1-2H3/b8-7+. The van der Waals surface area contributed by atoms with E-state index >= 15 is 0 Å². The molecule has 1 aliphatic carbocycles. The van der Waals surface area contributed by atoms with Crippen LogP contribution in [-0.4, -0.2) is 9.49 Å². The van der Waals surface area contributed by atoms with E-state index in [-0.39, 0.29) is 0 Å². The molecule has 0 aliphatic heterocycles. The van der Waals surface area contributed by atoms with Crippen LogP contribution in [0.5, 0.6) is 0 Å². The van der Waals surface area contributed by atoms with Crippen LogP contribution in [0.1, 0.15) is 45.8 Å². The molecule has 3 rings (SSSR count). The lowest BCUT2D eigenvalue weighted by molar-refractivity contribution is -0.400. The lowest BCUT2D eigenvalue weighted by Crippen LogP contribution is -2.02. The summed E-state index contributed by atoms with van der Waals surface area (Å²) in [4.78, 5) is 11.4. The monoisotopic (exact) mass is 327 g/mol. The van der Waals surface area contributed by atoms with Crippen molar-refractivity contribution < 1.29 is 4.92 Å². The van der Waals surface area contributed by atoms with Gasteiger partial charge in [-0.3, -0.25) is 10.1 Å². The molecule has 0 saturated heterocycles. The van der Waals surface area contributed by atoms with Crippen LogP contribution in [0.4, 0.5) is 0 Å². The maximum atomic E-state index is 10.5. The molecule has 2 aromatic rings. The number of nitro groups is 1. The highest BCUT2D eigenvalue weighted by Crippen LogP contribution is 2.38. The Morgan fingerprint density at radius 3 is 2.83 bits per heavy atom. The maximum absolute atomic E-state index is 10.5. The second-order valence-electron chi connectivity index (χ2n) is 5.77. The number of rotatable bonds is 3. The summed E-state index contributed by atoms with van der Waals surface area (Å²) in [6, 6.07) is 4.31. The molecule has 2 aromatic heterocycles. The van der Waals surface area contributed by atoms with Gasteiger partial charge >= 0.3 is 0 Å². The lowest BCUT2D eigenvalue weighted by Gasteiger charge is -2.10. The number of nitrogens with zero attached hydrogens (tertiary/aromatic N) is 3. The molecule has 0 unspecified atom stereocenters. The molecule has 0 spiro atoms. The van der Waals surface area contributed by atoms with Crippen molar-refractivity contribution in [2.75, 3.05) is 0 Å². The zero-order chi connectivity index (χ0) is 16.6. The summed E-state index contributed by atoms with van der Waals surface area (Å²) < 4.78 is 2.06. The maximum Gasteiger partial charge on any atom is 0.235 e. The van der Waals surface area contributed by atoms with Gasteiger partial charge in [-0.2, -0.15) is 5.26 Å². The van der Waals surface area contributed by atoms with Gasteiger partial charge in [0.25, 0.3) is 0 Å². The number of aryl methyl sites for hydroxylation is 2. The van der Waals surface area contributed by atoms with Crippen molar-refractivity contribution >= 4 is 17.4 Å². The van der Waals surface area contributed by atoms with Crippen LogP contribution in [0.2, 0.25) is 0 Å². The first-order valence-electron chi connectivity index (χ1n) is 7.58. The summed E-state index contributed by atoms with van der Waals surface area (Å²) >= 11 is 1.69. The fourth-order valence-electron chi connectivity index (χ4n) is 3.23. The number of aromatic nitrogens is 1. The lowest BCUT2D eigenvalue weighted by atomic mass is 9.96. The van der Waals surface area contributed by atoms with E-state index in [1.165, 1.54) is 22.9 Å². The molecule has 0 bridgehead atoms. The van der Waals surface area contributed by atoms with Crippen LogP contribution in [0.25, 0.3) is 11.1 Å². The summed E-state index contributed by atoms with van der Waals surface area (Å²) in [5.74, 6) is 0. The largest absolute Gasteiger partial charge is 0.308 e. The van der Waals surface area contributed by atoms with E-state index < -0.39 is 4.92 Å². The van der Waals surface area contributed by atoms with Gasteiger partial charge in [0, 0.05) is 27.9 Å². The minimum absolute atomic E-state index is 0.462. The smallest absolute Gasteiger partial charge is 0.235 e. The summed E-state index contributed by atoms with van der Waals surface area (Å²) in [6.45, 7) is 3.91. The second kappa shape index (κ2) is 6.01. The minimum Gasteiger partial charge on any atom is -0.308 e. The van der Waals surface area contributed by atoms with Crippen LogP contribution < -0.4 is 0 Å². The van der Waals surface area contributed by atoms with E-state index in [4.69, 9.17) is 0 Å². The van der Waals surface area contributed by atoms with Crippen molar-refractivity contribution in [1.82, 2.24) is 4.57 Å². The quantitative estimate of drug-likeness (QED) is 0.628.